The number of H-pyrrole nitrogens is 1. The summed E-state index contributed by atoms with van der Waals surface area (Å²) < 4.78 is 5.01. The van der Waals surface area contributed by atoms with Gasteiger partial charge in [-0.3, -0.25) is 29.0 Å². The summed E-state index contributed by atoms with van der Waals surface area (Å²) in [6.07, 6.45) is -0.0347. The molecule has 0 saturated heterocycles. The molecule has 12 heteroatoms. The van der Waals surface area contributed by atoms with E-state index in [-0.39, 0.29) is 19.3 Å². The molecule has 3 atom stereocenters. The second kappa shape index (κ2) is 15.0. The maximum absolute atomic E-state index is 14.3. The lowest BCUT2D eigenvalue weighted by molar-refractivity contribution is -0.173. The number of carbonyl (C=O) groups excluding carboxylic acids is 4. The van der Waals surface area contributed by atoms with Crippen LogP contribution in [-0.2, 0) is 52.9 Å². The summed E-state index contributed by atoms with van der Waals surface area (Å²) >= 11 is 0. The van der Waals surface area contributed by atoms with Gasteiger partial charge in [0, 0.05) is 36.6 Å². The molecule has 0 radical (unpaired) electrons. The third-order valence-corrected chi connectivity index (χ3v) is 6.45. The highest BCUT2D eigenvalue weighted by Crippen LogP contribution is 2.19. The van der Waals surface area contributed by atoms with Gasteiger partial charge in [0.2, 0.25) is 5.91 Å². The fourth-order valence-electron chi connectivity index (χ4n) is 4.05. The molecule has 3 aromatic rings. The van der Waals surface area contributed by atoms with Gasteiger partial charge in [0.1, 0.15) is 6.04 Å². The van der Waals surface area contributed by atoms with Crippen LogP contribution in [-0.4, -0.2) is 63.9 Å². The molecule has 2 aromatic carbocycles. The van der Waals surface area contributed by atoms with E-state index in [1.165, 1.54) is 12.5 Å². The molecule has 1 aromatic heterocycles. The number of nitrogens with zero attached hydrogens (tertiary/aromatic N) is 2. The summed E-state index contributed by atoms with van der Waals surface area (Å²) in [7, 11) is 1.15. The van der Waals surface area contributed by atoms with Crippen molar-refractivity contribution in [2.75, 3.05) is 7.11 Å². The number of amides is 3. The average Bonchev–Trinajstić information content (AvgIpc) is 3.50. The van der Waals surface area contributed by atoms with Crippen LogP contribution in [0.1, 0.15) is 37.6 Å². The van der Waals surface area contributed by atoms with E-state index in [0.29, 0.717) is 16.8 Å². The van der Waals surface area contributed by atoms with Crippen molar-refractivity contribution in [3.05, 3.63) is 90.0 Å². The van der Waals surface area contributed by atoms with Crippen molar-refractivity contribution in [3.63, 3.8) is 0 Å². The zero-order valence-electron chi connectivity index (χ0n) is 24.1. The molecule has 12 nitrogen and oxygen atoms in total. The Hall–Kier alpha value is -4.39. The Bertz CT molecular complexity index is 1310. The van der Waals surface area contributed by atoms with Gasteiger partial charge in [-0.05, 0) is 11.1 Å². The first-order valence-corrected chi connectivity index (χ1v) is 13.4. The van der Waals surface area contributed by atoms with Gasteiger partial charge in [-0.2, -0.15) is 0 Å². The van der Waals surface area contributed by atoms with Gasteiger partial charge < -0.3 is 9.72 Å². The largest absolute Gasteiger partial charge is 0.467 e. The van der Waals surface area contributed by atoms with E-state index in [2.05, 4.69) is 15.4 Å². The quantitative estimate of drug-likeness (QED) is 0.203. The average molecular weight is 580 g/mol. The van der Waals surface area contributed by atoms with Crippen molar-refractivity contribution in [2.45, 2.75) is 58.3 Å². The zero-order chi connectivity index (χ0) is 30.7. The van der Waals surface area contributed by atoms with E-state index >= 15 is 0 Å². The number of imidazole rings is 1. The van der Waals surface area contributed by atoms with Crippen molar-refractivity contribution in [2.24, 2.45) is 11.3 Å². The van der Waals surface area contributed by atoms with Crippen LogP contribution < -0.4 is 11.4 Å². The molecule has 0 bridgehead atoms. The van der Waals surface area contributed by atoms with Gasteiger partial charge in [0.05, 0.1) is 13.4 Å². The third-order valence-electron chi connectivity index (χ3n) is 6.45. The fraction of sp³-hybridized carbons (Fsp3) is 0.367. The Labute approximate surface area is 244 Å². The minimum absolute atomic E-state index is 0.0167. The number of aromatic nitrogens is 2. The number of methoxy groups -OCH3 is 1. The molecule has 0 aliphatic carbocycles. The number of aromatic amines is 1. The molecule has 2 unspecified atom stereocenters. The lowest BCUT2D eigenvalue weighted by atomic mass is 9.96. The maximum Gasteiger partial charge on any atom is 0.329 e. The highest BCUT2D eigenvalue weighted by Gasteiger charge is 2.43. The van der Waals surface area contributed by atoms with Crippen LogP contribution in [0.3, 0.4) is 0 Å². The number of imide groups is 1. The van der Waals surface area contributed by atoms with Crippen molar-refractivity contribution < 1.29 is 33.6 Å². The van der Waals surface area contributed by atoms with E-state index in [4.69, 9.17) is 20.3 Å². The third kappa shape index (κ3) is 8.80. The molecule has 1 heterocycles. The molecular weight excluding hydrogens is 542 g/mol. The van der Waals surface area contributed by atoms with Crippen molar-refractivity contribution in [1.82, 2.24) is 20.3 Å². The minimum atomic E-state index is -1.44. The summed E-state index contributed by atoms with van der Waals surface area (Å²) in [6, 6.07) is 16.4. The molecule has 0 saturated carbocycles. The molecular formula is C30H37N5O7. The molecule has 0 spiro atoms. The van der Waals surface area contributed by atoms with Gasteiger partial charge in [-0.1, -0.05) is 81.4 Å². The second-order valence-electron chi connectivity index (χ2n) is 10.7. The number of ether oxygens (including phenoxy) is 1. The van der Waals surface area contributed by atoms with E-state index in [1.54, 1.807) is 69.3 Å². The Balaban J connectivity index is 2.05. The van der Waals surface area contributed by atoms with Crippen LogP contribution in [0.15, 0.2) is 73.2 Å². The number of benzene rings is 2. The summed E-state index contributed by atoms with van der Waals surface area (Å²) in [5.41, 5.74) is 3.37. The Morgan fingerprint density at radius 1 is 0.905 bits per heavy atom. The SMILES string of the molecule is COC(=O)[C@H](Cc1cnc[nH]1)N(C(=O)C(Cc1ccccc1)ON)C(=O)C(Cc1ccccc1)ONC(=O)C(C)(C)C. The first-order valence-electron chi connectivity index (χ1n) is 13.4. The second-order valence-corrected chi connectivity index (χ2v) is 10.7. The van der Waals surface area contributed by atoms with Gasteiger partial charge >= 0.3 is 5.97 Å². The van der Waals surface area contributed by atoms with E-state index in [1.807, 2.05) is 12.1 Å². The summed E-state index contributed by atoms with van der Waals surface area (Å²) in [5.74, 6) is 2.44. The topological polar surface area (TPSA) is 166 Å². The molecule has 3 rings (SSSR count). The molecule has 4 N–H and O–H groups in total. The summed E-state index contributed by atoms with van der Waals surface area (Å²) in [4.78, 5) is 72.5. The molecule has 0 fully saturated rings. The number of hydrogen-bond donors (Lipinski definition) is 3. The van der Waals surface area contributed by atoms with Crippen molar-refractivity contribution in [1.29, 1.82) is 0 Å². The van der Waals surface area contributed by atoms with E-state index < -0.39 is 47.4 Å². The van der Waals surface area contributed by atoms with E-state index in [9.17, 15) is 19.2 Å². The highest BCUT2D eigenvalue weighted by molar-refractivity contribution is 6.03. The first-order chi connectivity index (χ1) is 20.0. The molecule has 0 aliphatic heterocycles. The zero-order valence-corrected chi connectivity index (χ0v) is 24.1. The normalized spacial score (nSPS) is 13.5. The predicted octanol–water partition coefficient (Wildman–Crippen LogP) is 2.06. The molecule has 3 amide bonds. The van der Waals surface area contributed by atoms with Gasteiger partial charge in [-0.25, -0.2) is 21.2 Å². The van der Waals surface area contributed by atoms with Crippen LogP contribution in [0.5, 0.6) is 0 Å². The van der Waals surface area contributed by atoms with Crippen LogP contribution >= 0.6 is 0 Å². The number of esters is 1. The number of hydrogen-bond acceptors (Lipinski definition) is 9. The molecule has 0 aliphatic rings. The Morgan fingerprint density at radius 3 is 1.93 bits per heavy atom. The van der Waals surface area contributed by atoms with Gasteiger partial charge in [0.25, 0.3) is 11.8 Å². The number of nitrogens with one attached hydrogen (secondary N) is 2. The Kier molecular flexibility index (Phi) is 11.5. The van der Waals surface area contributed by atoms with Gasteiger partial charge in [-0.15, -0.1) is 0 Å². The van der Waals surface area contributed by atoms with Gasteiger partial charge in [0.15, 0.2) is 12.2 Å². The highest BCUT2D eigenvalue weighted by atomic mass is 16.7. The van der Waals surface area contributed by atoms with E-state index in [0.717, 1.165) is 12.0 Å². The lowest BCUT2D eigenvalue weighted by Crippen LogP contribution is -2.58. The van der Waals surface area contributed by atoms with Crippen LogP contribution in [0.4, 0.5) is 0 Å². The maximum atomic E-state index is 14.3. The van der Waals surface area contributed by atoms with Crippen LogP contribution in [0.25, 0.3) is 0 Å². The standard InChI is InChI=1S/C30H37N5O7/c1-30(2,3)29(39)34-42-25(16-21-13-9-6-10-14-21)27(37)35(23(28(38)40-4)17-22-18-32-19-33-22)26(36)24(41-31)15-20-11-7-5-8-12-20/h5-14,18-19,23-25H,15-17,31H2,1-4H3,(H,32,33)(H,34,39)/t23-,24?,25?/m0/s1. The fourth-order valence-corrected chi connectivity index (χ4v) is 4.05. The minimum Gasteiger partial charge on any atom is -0.467 e. The van der Waals surface area contributed by atoms with Crippen LogP contribution in [0, 0.1) is 5.41 Å². The van der Waals surface area contributed by atoms with Crippen molar-refractivity contribution in [3.8, 4) is 0 Å². The predicted molar refractivity (Wildman–Crippen MR) is 152 cm³/mol. The number of rotatable bonds is 13. The van der Waals surface area contributed by atoms with Crippen molar-refractivity contribution >= 4 is 23.7 Å². The molecule has 224 valence electrons. The monoisotopic (exact) mass is 579 g/mol. The number of carbonyl (C=O) groups is 4. The first kappa shape index (κ1) is 32.1. The van der Waals surface area contributed by atoms with Crippen LogP contribution in [0.2, 0.25) is 0 Å². The summed E-state index contributed by atoms with van der Waals surface area (Å²) in [6.45, 7) is 5.04. The number of nitrogens with two attached hydrogens (primary N) is 1. The Morgan fingerprint density at radius 2 is 1.45 bits per heavy atom. The number of hydroxylamine groups is 1. The summed E-state index contributed by atoms with van der Waals surface area (Å²) in [5, 5.41) is 0. The molecule has 42 heavy (non-hydrogen) atoms. The smallest absolute Gasteiger partial charge is 0.329 e. The lowest BCUT2D eigenvalue weighted by Gasteiger charge is -2.33.